The van der Waals surface area contributed by atoms with Crippen LogP contribution in [-0.4, -0.2) is 33.6 Å². The fourth-order valence-corrected chi connectivity index (χ4v) is 2.38. The van der Waals surface area contributed by atoms with E-state index in [1.165, 1.54) is 19.3 Å². The Kier molecular flexibility index (Phi) is 5.58. The lowest BCUT2D eigenvalue weighted by molar-refractivity contribution is -0.111. The third-order valence-electron chi connectivity index (χ3n) is 3.49. The summed E-state index contributed by atoms with van der Waals surface area (Å²) in [6.45, 7) is 2.18. The van der Waals surface area contributed by atoms with E-state index in [4.69, 9.17) is 0 Å². The van der Waals surface area contributed by atoms with Gasteiger partial charge in [0, 0.05) is 0 Å². The first-order valence-corrected chi connectivity index (χ1v) is 6.21. The molecule has 0 amide bonds. The van der Waals surface area contributed by atoms with Crippen molar-refractivity contribution in [1.29, 1.82) is 0 Å². The molecule has 0 unspecified atom stereocenters. The summed E-state index contributed by atoms with van der Waals surface area (Å²) in [7, 11) is 0. The van der Waals surface area contributed by atoms with E-state index in [0.29, 0.717) is 6.42 Å². The van der Waals surface area contributed by atoms with Gasteiger partial charge in [0.1, 0.15) is 6.10 Å². The van der Waals surface area contributed by atoms with E-state index in [-0.39, 0.29) is 5.92 Å². The van der Waals surface area contributed by atoms with Gasteiger partial charge in [0.25, 0.3) is 0 Å². The minimum atomic E-state index is -0.935. The fraction of sp³-hybridized carbons (Fsp3) is 1.00. The highest BCUT2D eigenvalue weighted by molar-refractivity contribution is 4.86. The zero-order chi connectivity index (χ0) is 11.3. The Labute approximate surface area is 92.1 Å². The zero-order valence-electron chi connectivity index (χ0n) is 9.60. The van der Waals surface area contributed by atoms with Crippen molar-refractivity contribution < 1.29 is 15.3 Å². The van der Waals surface area contributed by atoms with E-state index in [1.54, 1.807) is 0 Å². The van der Waals surface area contributed by atoms with Gasteiger partial charge in [0.05, 0.1) is 12.2 Å². The van der Waals surface area contributed by atoms with Gasteiger partial charge in [0.2, 0.25) is 0 Å². The summed E-state index contributed by atoms with van der Waals surface area (Å²) in [4.78, 5) is 0. The van der Waals surface area contributed by atoms with Gasteiger partial charge in [-0.15, -0.1) is 0 Å². The predicted molar refractivity (Wildman–Crippen MR) is 59.5 cm³/mol. The Morgan fingerprint density at radius 3 is 2.33 bits per heavy atom. The average molecular weight is 216 g/mol. The molecule has 0 radical (unpaired) electrons. The highest BCUT2D eigenvalue weighted by atomic mass is 16.4. The maximum Gasteiger partial charge on any atom is 0.106 e. The monoisotopic (exact) mass is 216 g/mol. The van der Waals surface area contributed by atoms with Crippen LogP contribution < -0.4 is 0 Å². The van der Waals surface area contributed by atoms with Crippen LogP contribution in [-0.2, 0) is 0 Å². The van der Waals surface area contributed by atoms with E-state index < -0.39 is 18.3 Å². The summed E-state index contributed by atoms with van der Waals surface area (Å²) in [6, 6.07) is 0. The molecule has 1 fully saturated rings. The first-order valence-electron chi connectivity index (χ1n) is 6.21. The Balaban J connectivity index is 2.23. The smallest absolute Gasteiger partial charge is 0.106 e. The molecule has 3 nitrogen and oxygen atoms in total. The van der Waals surface area contributed by atoms with Crippen LogP contribution in [0.5, 0.6) is 0 Å². The third-order valence-corrected chi connectivity index (χ3v) is 3.49. The molecule has 0 spiro atoms. The van der Waals surface area contributed by atoms with Crippen molar-refractivity contribution in [3.05, 3.63) is 0 Å². The Morgan fingerprint density at radius 1 is 0.933 bits per heavy atom. The van der Waals surface area contributed by atoms with Crippen LogP contribution in [0.3, 0.4) is 0 Å². The minimum absolute atomic E-state index is 0.181. The fourth-order valence-electron chi connectivity index (χ4n) is 2.38. The van der Waals surface area contributed by atoms with E-state index in [2.05, 4.69) is 6.92 Å². The topological polar surface area (TPSA) is 60.7 Å². The lowest BCUT2D eigenvalue weighted by Crippen LogP contribution is -2.46. The molecule has 0 aliphatic heterocycles. The summed E-state index contributed by atoms with van der Waals surface area (Å²) in [6.07, 6.45) is 4.84. The molecule has 1 aliphatic carbocycles. The van der Waals surface area contributed by atoms with Gasteiger partial charge < -0.3 is 15.3 Å². The predicted octanol–water partition coefficient (Wildman–Crippen LogP) is 1.45. The Morgan fingerprint density at radius 2 is 1.67 bits per heavy atom. The van der Waals surface area contributed by atoms with E-state index >= 15 is 0 Å². The number of hydrogen-bond donors (Lipinski definition) is 3. The maximum atomic E-state index is 9.75. The second kappa shape index (κ2) is 6.46. The number of aliphatic hydroxyl groups excluding tert-OH is 3. The number of hydrogen-bond acceptors (Lipinski definition) is 3. The lowest BCUT2D eigenvalue weighted by atomic mass is 9.80. The molecule has 1 aliphatic rings. The quantitative estimate of drug-likeness (QED) is 0.610. The zero-order valence-corrected chi connectivity index (χ0v) is 9.60. The van der Waals surface area contributed by atoms with Gasteiger partial charge in [0.15, 0.2) is 0 Å². The van der Waals surface area contributed by atoms with Crippen molar-refractivity contribution in [3.8, 4) is 0 Å². The third kappa shape index (κ3) is 3.74. The van der Waals surface area contributed by atoms with Crippen LogP contribution in [0, 0.1) is 5.92 Å². The molecular weight excluding hydrogens is 192 g/mol. The molecule has 90 valence electrons. The van der Waals surface area contributed by atoms with Crippen molar-refractivity contribution in [1.82, 2.24) is 0 Å². The highest BCUT2D eigenvalue weighted by Gasteiger charge is 2.35. The maximum absolute atomic E-state index is 9.75. The second-order valence-electron chi connectivity index (χ2n) is 4.74. The van der Waals surface area contributed by atoms with Crippen LogP contribution in [0.1, 0.15) is 51.9 Å². The summed E-state index contributed by atoms with van der Waals surface area (Å²) in [5, 5.41) is 28.6. The van der Waals surface area contributed by atoms with E-state index in [9.17, 15) is 15.3 Å². The molecule has 0 aromatic heterocycles. The molecule has 4 atom stereocenters. The molecule has 3 N–H and O–H groups in total. The Bertz CT molecular complexity index is 172. The molecular formula is C12H24O3. The molecule has 0 aromatic rings. The summed E-state index contributed by atoms with van der Waals surface area (Å²) >= 11 is 0. The Hall–Kier alpha value is -0.120. The van der Waals surface area contributed by atoms with Crippen LogP contribution in [0.2, 0.25) is 0 Å². The molecule has 15 heavy (non-hydrogen) atoms. The highest BCUT2D eigenvalue weighted by Crippen LogP contribution is 2.29. The molecule has 0 bridgehead atoms. The van der Waals surface area contributed by atoms with Crippen molar-refractivity contribution >= 4 is 0 Å². The molecule has 1 rings (SSSR count). The first kappa shape index (κ1) is 12.9. The average Bonchev–Trinajstić information content (AvgIpc) is 2.24. The van der Waals surface area contributed by atoms with Gasteiger partial charge in [-0.2, -0.15) is 0 Å². The van der Waals surface area contributed by atoms with Crippen LogP contribution >= 0.6 is 0 Å². The van der Waals surface area contributed by atoms with Gasteiger partial charge in [-0.1, -0.05) is 32.6 Å². The number of rotatable bonds is 5. The summed E-state index contributed by atoms with van der Waals surface area (Å²) < 4.78 is 0. The van der Waals surface area contributed by atoms with Crippen molar-refractivity contribution in [2.24, 2.45) is 5.92 Å². The second-order valence-corrected chi connectivity index (χ2v) is 4.74. The lowest BCUT2D eigenvalue weighted by Gasteiger charge is -2.35. The van der Waals surface area contributed by atoms with E-state index in [0.717, 1.165) is 19.3 Å². The standard InChI is InChI=1S/C12H24O3/c1-2-3-4-5-6-9-7-8-10(13)12(15)11(9)14/h9-15H,2-8H2,1H3/t9-,10+,11-,12-/m0/s1. The number of aliphatic hydroxyl groups is 3. The summed E-state index contributed by atoms with van der Waals surface area (Å²) in [5.74, 6) is 0.181. The molecule has 1 saturated carbocycles. The van der Waals surface area contributed by atoms with Crippen molar-refractivity contribution in [2.45, 2.75) is 70.2 Å². The number of unbranched alkanes of at least 4 members (excludes halogenated alkanes) is 3. The SMILES string of the molecule is CCCCCC[C@H]1CC[C@@H](O)[C@H](O)[C@H]1O. The summed E-state index contributed by atoms with van der Waals surface area (Å²) in [5.41, 5.74) is 0. The van der Waals surface area contributed by atoms with Crippen LogP contribution in [0.25, 0.3) is 0 Å². The molecule has 3 heteroatoms. The van der Waals surface area contributed by atoms with E-state index in [1.807, 2.05) is 0 Å². The molecule has 0 saturated heterocycles. The molecule has 0 aromatic carbocycles. The van der Waals surface area contributed by atoms with Gasteiger partial charge >= 0.3 is 0 Å². The largest absolute Gasteiger partial charge is 0.390 e. The van der Waals surface area contributed by atoms with Crippen LogP contribution in [0.4, 0.5) is 0 Å². The molecule has 0 heterocycles. The van der Waals surface area contributed by atoms with Crippen LogP contribution in [0.15, 0.2) is 0 Å². The normalized spacial score (nSPS) is 36.8. The van der Waals surface area contributed by atoms with Gasteiger partial charge in [-0.3, -0.25) is 0 Å². The van der Waals surface area contributed by atoms with Crippen molar-refractivity contribution in [3.63, 3.8) is 0 Å². The van der Waals surface area contributed by atoms with Crippen molar-refractivity contribution in [2.75, 3.05) is 0 Å². The van der Waals surface area contributed by atoms with Gasteiger partial charge in [-0.05, 0) is 25.2 Å². The van der Waals surface area contributed by atoms with Gasteiger partial charge in [-0.25, -0.2) is 0 Å². The first-order chi connectivity index (χ1) is 7.16. The minimum Gasteiger partial charge on any atom is -0.390 e.